The van der Waals surface area contributed by atoms with E-state index in [9.17, 15) is 0 Å². The van der Waals surface area contributed by atoms with E-state index in [2.05, 4.69) is 34.7 Å². The Bertz CT molecular complexity index is 492. The molecule has 0 spiro atoms. The van der Waals surface area contributed by atoms with E-state index < -0.39 is 0 Å². The molecule has 0 fully saturated rings. The number of aryl methyl sites for hydroxylation is 1. The predicted molar refractivity (Wildman–Crippen MR) is 72.5 cm³/mol. The summed E-state index contributed by atoms with van der Waals surface area (Å²) in [6.07, 6.45) is 2.89. The van der Waals surface area contributed by atoms with E-state index in [-0.39, 0.29) is 0 Å². The van der Waals surface area contributed by atoms with Crippen molar-refractivity contribution in [1.82, 2.24) is 20.3 Å². The Balaban J connectivity index is 1.81. The van der Waals surface area contributed by atoms with Crippen LogP contribution in [0.3, 0.4) is 0 Å². The monoisotopic (exact) mass is 264 g/mol. The molecule has 2 rings (SSSR count). The van der Waals surface area contributed by atoms with E-state index in [0.717, 1.165) is 23.7 Å². The quantitative estimate of drug-likeness (QED) is 0.900. The second-order valence-corrected chi connectivity index (χ2v) is 4.93. The van der Waals surface area contributed by atoms with Crippen molar-refractivity contribution in [2.24, 2.45) is 7.05 Å². The Kier molecular flexibility index (Phi) is 4.33. The lowest BCUT2D eigenvalue weighted by Crippen LogP contribution is -2.27. The predicted octanol–water partition coefficient (Wildman–Crippen LogP) is 2.19. The molecule has 4 nitrogen and oxygen atoms in total. The van der Waals surface area contributed by atoms with Crippen molar-refractivity contribution in [3.63, 3.8) is 0 Å². The zero-order valence-electron chi connectivity index (χ0n) is 10.6. The highest BCUT2D eigenvalue weighted by Gasteiger charge is 2.05. The fourth-order valence-corrected chi connectivity index (χ4v) is 1.93. The van der Waals surface area contributed by atoms with Gasteiger partial charge in [0.1, 0.15) is 0 Å². The molecule has 96 valence electrons. The minimum Gasteiger partial charge on any atom is -0.308 e. The Morgan fingerprint density at radius 1 is 1.33 bits per heavy atom. The van der Waals surface area contributed by atoms with Crippen molar-refractivity contribution in [2.75, 3.05) is 0 Å². The summed E-state index contributed by atoms with van der Waals surface area (Å²) in [7, 11) is 1.87. The molecule has 0 bridgehead atoms. The molecule has 0 saturated heterocycles. The lowest BCUT2D eigenvalue weighted by Gasteiger charge is -2.12. The molecule has 1 aromatic heterocycles. The van der Waals surface area contributed by atoms with Gasteiger partial charge in [-0.25, -0.2) is 0 Å². The molecule has 0 aliphatic heterocycles. The molecule has 1 unspecified atom stereocenters. The third-order valence-electron chi connectivity index (χ3n) is 2.74. The smallest absolute Gasteiger partial charge is 0.0964 e. The second kappa shape index (κ2) is 5.98. The second-order valence-electron chi connectivity index (χ2n) is 4.50. The number of nitrogens with one attached hydrogen (secondary N) is 1. The first-order valence-electron chi connectivity index (χ1n) is 5.96. The lowest BCUT2D eigenvalue weighted by atomic mass is 10.1. The zero-order valence-corrected chi connectivity index (χ0v) is 11.4. The molecule has 5 heteroatoms. The van der Waals surface area contributed by atoms with Crippen molar-refractivity contribution in [2.45, 2.75) is 25.9 Å². The number of rotatable bonds is 5. The van der Waals surface area contributed by atoms with E-state index in [1.165, 1.54) is 5.56 Å². The van der Waals surface area contributed by atoms with Gasteiger partial charge < -0.3 is 5.32 Å². The van der Waals surface area contributed by atoms with Crippen molar-refractivity contribution in [3.8, 4) is 0 Å². The summed E-state index contributed by atoms with van der Waals surface area (Å²) >= 11 is 5.86. The summed E-state index contributed by atoms with van der Waals surface area (Å²) in [4.78, 5) is 0. The fraction of sp³-hybridized carbons (Fsp3) is 0.385. The maximum Gasteiger partial charge on any atom is 0.0964 e. The number of nitrogens with zero attached hydrogens (tertiary/aromatic N) is 3. The van der Waals surface area contributed by atoms with Gasteiger partial charge >= 0.3 is 0 Å². The van der Waals surface area contributed by atoms with Gasteiger partial charge in [-0.05, 0) is 31.0 Å². The average Bonchev–Trinajstić information content (AvgIpc) is 2.76. The van der Waals surface area contributed by atoms with Crippen LogP contribution in [0, 0.1) is 0 Å². The van der Waals surface area contributed by atoms with E-state index in [1.807, 2.05) is 25.4 Å². The Morgan fingerprint density at radius 3 is 2.67 bits per heavy atom. The topological polar surface area (TPSA) is 42.7 Å². The van der Waals surface area contributed by atoms with Gasteiger partial charge in [0, 0.05) is 30.9 Å². The Morgan fingerprint density at radius 2 is 2.06 bits per heavy atom. The Hall–Kier alpha value is -1.39. The summed E-state index contributed by atoms with van der Waals surface area (Å²) in [5, 5.41) is 12.1. The largest absolute Gasteiger partial charge is 0.308 e. The van der Waals surface area contributed by atoms with Crippen LogP contribution in [0.25, 0.3) is 0 Å². The normalized spacial score (nSPS) is 12.6. The number of benzene rings is 1. The first-order chi connectivity index (χ1) is 8.63. The number of hydrogen-bond acceptors (Lipinski definition) is 3. The molecule has 0 aliphatic rings. The molecular weight excluding hydrogens is 248 g/mol. The van der Waals surface area contributed by atoms with Crippen LogP contribution in [0.5, 0.6) is 0 Å². The molecular formula is C13H17ClN4. The van der Waals surface area contributed by atoms with Crippen LogP contribution in [0.4, 0.5) is 0 Å². The summed E-state index contributed by atoms with van der Waals surface area (Å²) in [6.45, 7) is 2.90. The summed E-state index contributed by atoms with van der Waals surface area (Å²) in [5.74, 6) is 0. The average molecular weight is 265 g/mol. The highest BCUT2D eigenvalue weighted by Crippen LogP contribution is 2.11. The van der Waals surface area contributed by atoms with Crippen molar-refractivity contribution < 1.29 is 0 Å². The van der Waals surface area contributed by atoms with Crippen LogP contribution in [0.2, 0.25) is 5.02 Å². The number of halogens is 1. The fourth-order valence-electron chi connectivity index (χ4n) is 1.80. The molecule has 2 aromatic rings. The van der Waals surface area contributed by atoms with Gasteiger partial charge in [-0.2, -0.15) is 0 Å². The third-order valence-corrected chi connectivity index (χ3v) is 2.99. The van der Waals surface area contributed by atoms with Gasteiger partial charge in [-0.1, -0.05) is 28.9 Å². The summed E-state index contributed by atoms with van der Waals surface area (Å²) in [6, 6.07) is 8.35. The van der Waals surface area contributed by atoms with Crippen LogP contribution in [-0.2, 0) is 20.0 Å². The summed E-state index contributed by atoms with van der Waals surface area (Å²) in [5.41, 5.74) is 2.24. The van der Waals surface area contributed by atoms with Gasteiger partial charge in [0.2, 0.25) is 0 Å². The van der Waals surface area contributed by atoms with Crippen LogP contribution in [0.1, 0.15) is 18.2 Å². The van der Waals surface area contributed by atoms with E-state index >= 15 is 0 Å². The summed E-state index contributed by atoms with van der Waals surface area (Å²) < 4.78 is 1.71. The van der Waals surface area contributed by atoms with Gasteiger partial charge in [0.05, 0.1) is 5.69 Å². The molecule has 1 aromatic carbocycles. The SMILES string of the molecule is CC(Cc1ccc(Cl)cc1)NCc1cn(C)nn1. The van der Waals surface area contributed by atoms with Crippen molar-refractivity contribution >= 4 is 11.6 Å². The van der Waals surface area contributed by atoms with E-state index in [1.54, 1.807) is 4.68 Å². The van der Waals surface area contributed by atoms with Gasteiger partial charge in [0.25, 0.3) is 0 Å². The van der Waals surface area contributed by atoms with Crippen molar-refractivity contribution in [3.05, 3.63) is 46.7 Å². The first-order valence-corrected chi connectivity index (χ1v) is 6.34. The van der Waals surface area contributed by atoms with E-state index in [4.69, 9.17) is 11.6 Å². The standard InChI is InChI=1S/C13H17ClN4/c1-10(7-11-3-5-12(14)6-4-11)15-8-13-9-18(2)17-16-13/h3-6,9-10,15H,7-8H2,1-2H3. The van der Waals surface area contributed by atoms with E-state index in [0.29, 0.717) is 6.04 Å². The maximum atomic E-state index is 5.86. The van der Waals surface area contributed by atoms with Gasteiger partial charge in [0.15, 0.2) is 0 Å². The molecule has 1 atom stereocenters. The lowest BCUT2D eigenvalue weighted by molar-refractivity contribution is 0.539. The van der Waals surface area contributed by atoms with Crippen LogP contribution in [-0.4, -0.2) is 21.0 Å². The molecule has 0 saturated carbocycles. The molecule has 18 heavy (non-hydrogen) atoms. The minimum absolute atomic E-state index is 0.383. The van der Waals surface area contributed by atoms with Crippen LogP contribution >= 0.6 is 11.6 Å². The number of hydrogen-bond donors (Lipinski definition) is 1. The zero-order chi connectivity index (χ0) is 13.0. The third kappa shape index (κ3) is 3.82. The Labute approximate surface area is 112 Å². The molecule has 1 heterocycles. The van der Waals surface area contributed by atoms with Crippen molar-refractivity contribution in [1.29, 1.82) is 0 Å². The van der Waals surface area contributed by atoms with Crippen LogP contribution in [0.15, 0.2) is 30.5 Å². The van der Waals surface area contributed by atoms with Gasteiger partial charge in [-0.15, -0.1) is 5.10 Å². The van der Waals surface area contributed by atoms with Crippen LogP contribution < -0.4 is 5.32 Å². The molecule has 1 N–H and O–H groups in total. The number of aromatic nitrogens is 3. The van der Waals surface area contributed by atoms with Gasteiger partial charge in [-0.3, -0.25) is 4.68 Å². The first kappa shape index (κ1) is 13.1. The molecule has 0 amide bonds. The molecule has 0 aliphatic carbocycles. The minimum atomic E-state index is 0.383. The highest BCUT2D eigenvalue weighted by atomic mass is 35.5. The highest BCUT2D eigenvalue weighted by molar-refractivity contribution is 6.30. The maximum absolute atomic E-state index is 5.86. The molecule has 0 radical (unpaired) electrons.